The van der Waals surface area contributed by atoms with Gasteiger partial charge in [0.05, 0.1) is 36.2 Å². The summed E-state index contributed by atoms with van der Waals surface area (Å²) < 4.78 is 40.0. The maximum Gasteiger partial charge on any atom is 0.295 e. The number of hydrogen-bond donors (Lipinski definition) is 1. The first-order valence-electron chi connectivity index (χ1n) is 11.2. The second-order valence-corrected chi connectivity index (χ2v) is 8.49. The van der Waals surface area contributed by atoms with Crippen LogP contribution in [0.15, 0.2) is 28.0 Å². The second-order valence-electron chi connectivity index (χ2n) is 8.49. The van der Waals surface area contributed by atoms with E-state index in [4.69, 9.17) is 9.47 Å². The number of rotatable bonds is 7. The molecule has 5 rings (SSSR count). The summed E-state index contributed by atoms with van der Waals surface area (Å²) in [5.74, 6) is -1.06. The van der Waals surface area contributed by atoms with Gasteiger partial charge in [-0.15, -0.1) is 0 Å². The van der Waals surface area contributed by atoms with Gasteiger partial charge in [0, 0.05) is 19.6 Å². The van der Waals surface area contributed by atoms with Crippen LogP contribution in [0, 0.1) is 11.6 Å². The number of nitrogens with zero attached hydrogens (tertiary/aromatic N) is 3. The van der Waals surface area contributed by atoms with Crippen LogP contribution in [0.2, 0.25) is 0 Å². The molecule has 1 aromatic carbocycles. The molecule has 1 N–H and O–H groups in total. The van der Waals surface area contributed by atoms with Crippen LogP contribution in [0.3, 0.4) is 0 Å². The van der Waals surface area contributed by atoms with Gasteiger partial charge in [0.1, 0.15) is 0 Å². The fourth-order valence-corrected chi connectivity index (χ4v) is 4.60. The molecule has 1 aliphatic carbocycles. The highest BCUT2D eigenvalue weighted by atomic mass is 19.2. The maximum absolute atomic E-state index is 13.8. The number of hydrogen-bond acceptors (Lipinski definition) is 6. The van der Waals surface area contributed by atoms with Gasteiger partial charge in [0.15, 0.2) is 23.3 Å². The lowest BCUT2D eigenvalue weighted by atomic mass is 10.0. The molecule has 7 nitrogen and oxygen atoms in total. The lowest BCUT2D eigenvalue weighted by molar-refractivity contribution is 0.0877. The second kappa shape index (κ2) is 8.37. The van der Waals surface area contributed by atoms with Crippen LogP contribution in [0.4, 0.5) is 20.4 Å². The predicted octanol–water partition coefficient (Wildman–Crippen LogP) is 3.36. The quantitative estimate of drug-likeness (QED) is 0.663. The summed E-state index contributed by atoms with van der Waals surface area (Å²) in [6.07, 6.45) is 3.97. The minimum absolute atomic E-state index is 0.0911. The van der Waals surface area contributed by atoms with Crippen molar-refractivity contribution in [2.24, 2.45) is 4.99 Å². The average molecular weight is 444 g/mol. The number of fused-ring (bicyclic) bond motifs is 1. The van der Waals surface area contributed by atoms with Crippen molar-refractivity contribution in [1.82, 2.24) is 9.55 Å². The highest BCUT2D eigenvalue weighted by Gasteiger charge is 2.57. The number of aliphatic imine (C=N–C) groups is 1. The Bertz CT molecular complexity index is 1120. The molecule has 0 bridgehead atoms. The van der Waals surface area contributed by atoms with Gasteiger partial charge in [-0.2, -0.15) is 0 Å². The minimum atomic E-state index is -0.921. The van der Waals surface area contributed by atoms with Crippen molar-refractivity contribution in [2.75, 3.05) is 25.1 Å². The molecule has 2 aromatic rings. The van der Waals surface area contributed by atoms with Gasteiger partial charge < -0.3 is 14.8 Å². The summed E-state index contributed by atoms with van der Waals surface area (Å²) in [6, 6.07) is 3.82. The molecule has 32 heavy (non-hydrogen) atoms. The van der Waals surface area contributed by atoms with Gasteiger partial charge in [-0.25, -0.2) is 18.8 Å². The SMILES string of the molecule is CCOCCn1c2c(nc(N[C@@H]3C[C@]34CCCO4)c1=O)CCC(c1ccc(F)c(F)c1)=N2. The number of anilines is 1. The summed E-state index contributed by atoms with van der Waals surface area (Å²) >= 11 is 0. The van der Waals surface area contributed by atoms with Gasteiger partial charge in [-0.3, -0.25) is 9.36 Å². The zero-order chi connectivity index (χ0) is 22.3. The minimum Gasteiger partial charge on any atom is -0.380 e. The Morgan fingerprint density at radius 3 is 2.94 bits per heavy atom. The van der Waals surface area contributed by atoms with Crippen molar-refractivity contribution < 1.29 is 18.3 Å². The Labute approximate surface area is 184 Å². The maximum atomic E-state index is 13.8. The first-order valence-corrected chi connectivity index (χ1v) is 11.2. The van der Waals surface area contributed by atoms with Crippen LogP contribution in [-0.4, -0.2) is 46.7 Å². The normalized spacial score (nSPS) is 23.8. The van der Waals surface area contributed by atoms with Crippen LogP contribution in [0.1, 0.15) is 43.9 Å². The fourth-order valence-electron chi connectivity index (χ4n) is 4.60. The molecule has 1 spiro atoms. The molecular weight excluding hydrogens is 418 g/mol. The van der Waals surface area contributed by atoms with Crippen molar-refractivity contribution in [1.29, 1.82) is 0 Å². The monoisotopic (exact) mass is 444 g/mol. The van der Waals surface area contributed by atoms with Gasteiger partial charge in [-0.1, -0.05) is 6.07 Å². The van der Waals surface area contributed by atoms with Gasteiger partial charge in [0.2, 0.25) is 0 Å². The molecule has 3 aliphatic rings. The standard InChI is InChI=1S/C23H26F2N4O3/c1-2-31-11-9-29-21-18(7-6-17(27-21)14-4-5-15(24)16(25)12-14)26-20(22(29)30)28-19-13-23(19)8-3-10-32-23/h4-5,12,19H,2-3,6-11,13H2,1H3,(H,26,28)/t19-,23-/m1/s1. The van der Waals surface area contributed by atoms with Crippen LogP contribution < -0.4 is 10.9 Å². The molecule has 2 fully saturated rings. The summed E-state index contributed by atoms with van der Waals surface area (Å²) in [4.78, 5) is 22.6. The third kappa shape index (κ3) is 3.84. The first kappa shape index (κ1) is 21.2. The number of benzene rings is 1. The van der Waals surface area contributed by atoms with E-state index in [0.717, 1.165) is 38.0 Å². The molecule has 2 aliphatic heterocycles. The van der Waals surface area contributed by atoms with E-state index in [1.54, 1.807) is 4.57 Å². The van der Waals surface area contributed by atoms with Crippen LogP contribution in [-0.2, 0) is 22.4 Å². The number of aryl methyl sites for hydroxylation is 1. The van der Waals surface area contributed by atoms with Crippen molar-refractivity contribution in [3.63, 3.8) is 0 Å². The summed E-state index contributed by atoms with van der Waals surface area (Å²) in [6.45, 7) is 3.88. The van der Waals surface area contributed by atoms with Gasteiger partial charge in [-0.05, 0) is 50.3 Å². The van der Waals surface area contributed by atoms with E-state index in [2.05, 4.69) is 15.3 Å². The highest BCUT2D eigenvalue weighted by molar-refractivity contribution is 6.03. The molecule has 2 atom stereocenters. The number of aromatic nitrogens is 2. The smallest absolute Gasteiger partial charge is 0.295 e. The van der Waals surface area contributed by atoms with Crippen molar-refractivity contribution in [3.8, 4) is 0 Å². The molecule has 0 amide bonds. The molecule has 0 radical (unpaired) electrons. The van der Waals surface area contributed by atoms with E-state index in [0.29, 0.717) is 61.2 Å². The first-order chi connectivity index (χ1) is 15.5. The summed E-state index contributed by atoms with van der Waals surface area (Å²) in [5, 5.41) is 3.30. The van der Waals surface area contributed by atoms with E-state index in [9.17, 15) is 13.6 Å². The Morgan fingerprint density at radius 1 is 1.31 bits per heavy atom. The van der Waals surface area contributed by atoms with Crippen molar-refractivity contribution in [2.45, 2.75) is 57.2 Å². The highest BCUT2D eigenvalue weighted by Crippen LogP contribution is 2.48. The Kier molecular flexibility index (Phi) is 5.54. The van der Waals surface area contributed by atoms with E-state index >= 15 is 0 Å². The molecule has 1 saturated heterocycles. The Hall–Kier alpha value is -2.65. The number of ether oxygens (including phenoxy) is 2. The zero-order valence-corrected chi connectivity index (χ0v) is 18.0. The van der Waals surface area contributed by atoms with E-state index in [1.807, 2.05) is 6.92 Å². The molecular formula is C23H26F2N4O3. The summed E-state index contributed by atoms with van der Waals surface area (Å²) in [7, 11) is 0. The van der Waals surface area contributed by atoms with Crippen molar-refractivity contribution >= 4 is 17.3 Å². The number of halogens is 2. The third-order valence-corrected chi connectivity index (χ3v) is 6.43. The van der Waals surface area contributed by atoms with Gasteiger partial charge >= 0.3 is 0 Å². The van der Waals surface area contributed by atoms with E-state index in [1.165, 1.54) is 6.07 Å². The predicted molar refractivity (Wildman–Crippen MR) is 116 cm³/mol. The van der Waals surface area contributed by atoms with E-state index in [-0.39, 0.29) is 17.2 Å². The van der Waals surface area contributed by atoms with Gasteiger partial charge in [0.25, 0.3) is 5.56 Å². The molecule has 9 heteroatoms. The largest absolute Gasteiger partial charge is 0.380 e. The lowest BCUT2D eigenvalue weighted by Gasteiger charge is -2.21. The molecule has 0 unspecified atom stereocenters. The molecule has 170 valence electrons. The van der Waals surface area contributed by atoms with Crippen LogP contribution >= 0.6 is 0 Å². The fraction of sp³-hybridized carbons (Fsp3) is 0.522. The summed E-state index contributed by atoms with van der Waals surface area (Å²) in [5.41, 5.74) is 1.39. The molecule has 1 aromatic heterocycles. The molecule has 3 heterocycles. The van der Waals surface area contributed by atoms with E-state index < -0.39 is 11.6 Å². The zero-order valence-electron chi connectivity index (χ0n) is 18.0. The topological polar surface area (TPSA) is 77.7 Å². The molecule has 1 saturated carbocycles. The average Bonchev–Trinajstić information content (AvgIpc) is 3.22. The Morgan fingerprint density at radius 2 is 2.19 bits per heavy atom. The van der Waals surface area contributed by atoms with Crippen LogP contribution in [0.5, 0.6) is 0 Å². The Balaban J connectivity index is 1.50. The van der Waals surface area contributed by atoms with Crippen LogP contribution in [0.25, 0.3) is 0 Å². The lowest BCUT2D eigenvalue weighted by Crippen LogP contribution is -2.31. The third-order valence-electron chi connectivity index (χ3n) is 6.43. The number of nitrogens with one attached hydrogen (secondary N) is 1. The van der Waals surface area contributed by atoms with Crippen molar-refractivity contribution in [3.05, 3.63) is 51.4 Å².